The molecule has 2 N–H and O–H groups in total. The standard InChI is InChI=1S/C19H21N3O5/c1-25-15-9-13(10-16(26-2)18(15)27-3)11-21-22-17(23)12-20-19(24)14-7-5-4-6-8-14/h4-11H,12H2,1-3H3,(H,20,24)(H,22,23)/b21-11+. The molecule has 0 saturated carbocycles. The largest absolute Gasteiger partial charge is 0.493 e. The van der Waals surface area contributed by atoms with Crippen molar-refractivity contribution in [3.05, 3.63) is 53.6 Å². The molecule has 0 aliphatic heterocycles. The third-order valence-corrected chi connectivity index (χ3v) is 3.54. The average molecular weight is 371 g/mol. The lowest BCUT2D eigenvalue weighted by molar-refractivity contribution is -0.120. The number of hydrogen-bond acceptors (Lipinski definition) is 6. The van der Waals surface area contributed by atoms with Crippen molar-refractivity contribution in [2.75, 3.05) is 27.9 Å². The third-order valence-electron chi connectivity index (χ3n) is 3.54. The molecule has 27 heavy (non-hydrogen) atoms. The van der Waals surface area contributed by atoms with Crippen molar-refractivity contribution in [3.63, 3.8) is 0 Å². The van der Waals surface area contributed by atoms with Gasteiger partial charge in [0.2, 0.25) is 5.75 Å². The Labute approximate surface area is 157 Å². The van der Waals surface area contributed by atoms with Crippen LogP contribution in [0, 0.1) is 0 Å². The summed E-state index contributed by atoms with van der Waals surface area (Å²) in [5.74, 6) is 0.617. The summed E-state index contributed by atoms with van der Waals surface area (Å²) in [5.41, 5.74) is 3.46. The lowest BCUT2D eigenvalue weighted by Gasteiger charge is -2.12. The fourth-order valence-electron chi connectivity index (χ4n) is 2.25. The molecule has 8 heteroatoms. The molecule has 0 atom stereocenters. The molecule has 0 spiro atoms. The molecule has 0 aromatic heterocycles. The molecule has 142 valence electrons. The summed E-state index contributed by atoms with van der Waals surface area (Å²) in [4.78, 5) is 23.7. The number of methoxy groups -OCH3 is 3. The highest BCUT2D eigenvalue weighted by molar-refractivity contribution is 5.96. The van der Waals surface area contributed by atoms with Crippen LogP contribution in [0.4, 0.5) is 0 Å². The summed E-state index contributed by atoms with van der Waals surface area (Å²) in [5, 5.41) is 6.39. The highest BCUT2D eigenvalue weighted by Crippen LogP contribution is 2.37. The maximum Gasteiger partial charge on any atom is 0.259 e. The van der Waals surface area contributed by atoms with Gasteiger partial charge in [-0.2, -0.15) is 5.10 Å². The number of carbonyl (C=O) groups is 2. The van der Waals surface area contributed by atoms with E-state index in [9.17, 15) is 9.59 Å². The predicted octanol–water partition coefficient (Wildman–Crippen LogP) is 1.59. The number of ether oxygens (including phenoxy) is 3. The van der Waals surface area contributed by atoms with Crippen molar-refractivity contribution in [3.8, 4) is 17.2 Å². The molecule has 2 aromatic rings. The minimum atomic E-state index is -0.456. The van der Waals surface area contributed by atoms with Crippen molar-refractivity contribution in [2.24, 2.45) is 5.10 Å². The zero-order chi connectivity index (χ0) is 19.6. The Morgan fingerprint density at radius 3 is 2.19 bits per heavy atom. The molecular formula is C19H21N3O5. The van der Waals surface area contributed by atoms with Crippen LogP contribution in [0.1, 0.15) is 15.9 Å². The van der Waals surface area contributed by atoms with Crippen LogP contribution in [0.25, 0.3) is 0 Å². The van der Waals surface area contributed by atoms with Crippen LogP contribution in [-0.4, -0.2) is 45.9 Å². The van der Waals surface area contributed by atoms with E-state index < -0.39 is 5.91 Å². The zero-order valence-electron chi connectivity index (χ0n) is 15.3. The predicted molar refractivity (Wildman–Crippen MR) is 101 cm³/mol. The van der Waals surface area contributed by atoms with E-state index in [1.165, 1.54) is 27.5 Å². The average Bonchev–Trinajstić information content (AvgIpc) is 2.71. The van der Waals surface area contributed by atoms with Gasteiger partial charge in [0, 0.05) is 11.1 Å². The van der Waals surface area contributed by atoms with Gasteiger partial charge in [-0.1, -0.05) is 18.2 Å². The Bertz CT molecular complexity index is 796. The second kappa shape index (κ2) is 9.81. The van der Waals surface area contributed by atoms with Crippen molar-refractivity contribution in [1.82, 2.24) is 10.7 Å². The quantitative estimate of drug-likeness (QED) is 0.542. The number of hydrogen-bond donors (Lipinski definition) is 2. The molecule has 2 aromatic carbocycles. The second-order valence-electron chi connectivity index (χ2n) is 5.30. The van der Waals surface area contributed by atoms with Crippen molar-refractivity contribution < 1.29 is 23.8 Å². The summed E-state index contributed by atoms with van der Waals surface area (Å²) in [6.07, 6.45) is 1.43. The first-order valence-corrected chi connectivity index (χ1v) is 8.04. The SMILES string of the molecule is COc1cc(/C=N/NC(=O)CNC(=O)c2ccccc2)cc(OC)c1OC. The first-order chi connectivity index (χ1) is 13.1. The Balaban J connectivity index is 1.93. The number of rotatable bonds is 8. The van der Waals surface area contributed by atoms with E-state index in [-0.39, 0.29) is 12.5 Å². The molecule has 0 bridgehead atoms. The third kappa shape index (κ3) is 5.46. The lowest BCUT2D eigenvalue weighted by Crippen LogP contribution is -2.34. The van der Waals surface area contributed by atoms with Gasteiger partial charge in [-0.15, -0.1) is 0 Å². The van der Waals surface area contributed by atoms with Gasteiger partial charge in [-0.05, 0) is 24.3 Å². The first kappa shape index (κ1) is 19.8. The molecule has 0 aliphatic carbocycles. The lowest BCUT2D eigenvalue weighted by atomic mass is 10.2. The summed E-state index contributed by atoms with van der Waals surface area (Å²) in [6.45, 7) is -0.194. The van der Waals surface area contributed by atoms with E-state index in [0.717, 1.165) is 0 Å². The summed E-state index contributed by atoms with van der Waals surface area (Å²) in [7, 11) is 4.53. The molecule has 0 aliphatic rings. The van der Waals surface area contributed by atoms with Crippen LogP contribution in [0.5, 0.6) is 17.2 Å². The van der Waals surface area contributed by atoms with Crippen LogP contribution in [0.2, 0.25) is 0 Å². The highest BCUT2D eigenvalue weighted by Gasteiger charge is 2.12. The molecule has 0 saturated heterocycles. The molecule has 2 rings (SSSR count). The Morgan fingerprint density at radius 1 is 1.00 bits per heavy atom. The van der Waals surface area contributed by atoms with Gasteiger partial charge in [0.25, 0.3) is 11.8 Å². The maximum atomic E-state index is 11.9. The van der Waals surface area contributed by atoms with Gasteiger partial charge in [0.05, 0.1) is 34.1 Å². The second-order valence-corrected chi connectivity index (χ2v) is 5.30. The summed E-state index contributed by atoms with van der Waals surface area (Å²) < 4.78 is 15.7. The van der Waals surface area contributed by atoms with Gasteiger partial charge in [0.15, 0.2) is 11.5 Å². The molecule has 2 amide bonds. The minimum absolute atomic E-state index is 0.194. The number of amides is 2. The number of hydrazone groups is 1. The first-order valence-electron chi connectivity index (χ1n) is 8.04. The van der Waals surface area contributed by atoms with E-state index in [1.807, 2.05) is 0 Å². The highest BCUT2D eigenvalue weighted by atomic mass is 16.5. The van der Waals surface area contributed by atoms with Crippen molar-refractivity contribution >= 4 is 18.0 Å². The maximum absolute atomic E-state index is 11.9. The topological polar surface area (TPSA) is 98.2 Å². The van der Waals surface area contributed by atoms with Crippen LogP contribution in [-0.2, 0) is 4.79 Å². The van der Waals surface area contributed by atoms with Gasteiger partial charge in [-0.3, -0.25) is 9.59 Å². The Kier molecular flexibility index (Phi) is 7.18. The van der Waals surface area contributed by atoms with Crippen molar-refractivity contribution in [1.29, 1.82) is 0 Å². The monoisotopic (exact) mass is 371 g/mol. The van der Waals surface area contributed by atoms with Gasteiger partial charge in [-0.25, -0.2) is 5.43 Å². The van der Waals surface area contributed by atoms with E-state index in [4.69, 9.17) is 14.2 Å². The Morgan fingerprint density at radius 2 is 1.63 bits per heavy atom. The normalized spacial score (nSPS) is 10.3. The zero-order valence-corrected chi connectivity index (χ0v) is 15.3. The van der Waals surface area contributed by atoms with Gasteiger partial charge in [0.1, 0.15) is 0 Å². The molecule has 0 heterocycles. The van der Waals surface area contributed by atoms with Crippen LogP contribution in [0.3, 0.4) is 0 Å². The van der Waals surface area contributed by atoms with Crippen LogP contribution >= 0.6 is 0 Å². The fourth-order valence-corrected chi connectivity index (χ4v) is 2.25. The van der Waals surface area contributed by atoms with Crippen molar-refractivity contribution in [2.45, 2.75) is 0 Å². The van der Waals surface area contributed by atoms with Gasteiger partial charge >= 0.3 is 0 Å². The fraction of sp³-hybridized carbons (Fsp3) is 0.211. The molecule has 0 unspecified atom stereocenters. The summed E-state index contributed by atoms with van der Waals surface area (Å²) in [6, 6.07) is 12.0. The van der Waals surface area contributed by atoms with Crippen LogP contribution < -0.4 is 25.0 Å². The number of benzene rings is 2. The smallest absolute Gasteiger partial charge is 0.259 e. The molecule has 8 nitrogen and oxygen atoms in total. The molecule has 0 fully saturated rings. The Hall–Kier alpha value is -3.55. The molecule has 0 radical (unpaired) electrons. The van der Waals surface area contributed by atoms with E-state index >= 15 is 0 Å². The van der Waals surface area contributed by atoms with Gasteiger partial charge < -0.3 is 19.5 Å². The number of nitrogens with one attached hydrogen (secondary N) is 2. The summed E-state index contributed by atoms with van der Waals surface area (Å²) >= 11 is 0. The van der Waals surface area contributed by atoms with E-state index in [2.05, 4.69) is 15.8 Å². The van der Waals surface area contributed by atoms with Crippen LogP contribution in [0.15, 0.2) is 47.6 Å². The molecular weight excluding hydrogens is 350 g/mol. The minimum Gasteiger partial charge on any atom is -0.493 e. The van der Waals surface area contributed by atoms with E-state index in [0.29, 0.717) is 28.4 Å². The number of nitrogens with zero attached hydrogens (tertiary/aromatic N) is 1. The number of carbonyl (C=O) groups excluding carboxylic acids is 2. The van der Waals surface area contributed by atoms with E-state index in [1.54, 1.807) is 42.5 Å².